The lowest BCUT2D eigenvalue weighted by atomic mass is 9.66. The number of likely N-dealkylation sites (tertiary alicyclic amines) is 1. The van der Waals surface area contributed by atoms with Gasteiger partial charge in [0.15, 0.2) is 11.5 Å². The highest BCUT2D eigenvalue weighted by Gasteiger charge is 2.52. The molecule has 2 heterocycles. The van der Waals surface area contributed by atoms with Crippen molar-refractivity contribution in [2.75, 3.05) is 13.6 Å². The van der Waals surface area contributed by atoms with Crippen molar-refractivity contribution in [2.24, 2.45) is 0 Å². The van der Waals surface area contributed by atoms with E-state index in [1.165, 1.54) is 12.0 Å². The van der Waals surface area contributed by atoms with Crippen LogP contribution in [-0.2, 0) is 10.2 Å². The van der Waals surface area contributed by atoms with Gasteiger partial charge in [0.05, 0.1) is 0 Å². The first-order chi connectivity index (χ1) is 11.1. The average molecular weight is 313 g/mol. The van der Waals surface area contributed by atoms with Gasteiger partial charge in [-0.2, -0.15) is 0 Å². The number of benzene rings is 1. The standard InChI is InChI=1S/C19H23NO3/c1-20-10-9-18(8-5-14(21)12-17(18)20)13-3-4-15-16(11-13)23-19(22-15)6-2-7-19/h3-4,11,17H,2,5-10,12H2,1H3/t17-,18-/m0/s1. The maximum absolute atomic E-state index is 12.0. The minimum atomic E-state index is -0.368. The van der Waals surface area contributed by atoms with E-state index in [1.807, 2.05) is 0 Å². The molecule has 0 bridgehead atoms. The average Bonchev–Trinajstić information content (AvgIpc) is 3.06. The summed E-state index contributed by atoms with van der Waals surface area (Å²) in [4.78, 5) is 14.3. The molecule has 3 fully saturated rings. The maximum atomic E-state index is 12.0. The summed E-state index contributed by atoms with van der Waals surface area (Å²) in [7, 11) is 2.15. The van der Waals surface area contributed by atoms with E-state index in [1.54, 1.807) is 0 Å². The van der Waals surface area contributed by atoms with E-state index in [4.69, 9.17) is 9.47 Å². The van der Waals surface area contributed by atoms with E-state index < -0.39 is 0 Å². The molecule has 0 radical (unpaired) electrons. The number of carbonyl (C=O) groups excluding carboxylic acids is 1. The second-order valence-corrected chi connectivity index (χ2v) is 7.78. The van der Waals surface area contributed by atoms with Crippen LogP contribution >= 0.6 is 0 Å². The number of carbonyl (C=O) groups is 1. The second-order valence-electron chi connectivity index (χ2n) is 7.78. The zero-order valence-corrected chi connectivity index (χ0v) is 13.6. The van der Waals surface area contributed by atoms with Gasteiger partial charge in [0.2, 0.25) is 0 Å². The summed E-state index contributed by atoms with van der Waals surface area (Å²) in [6.07, 6.45) is 6.65. The fourth-order valence-electron chi connectivity index (χ4n) is 5.00. The summed E-state index contributed by atoms with van der Waals surface area (Å²) in [5.74, 6) is 1.84. The molecule has 1 spiro atoms. The Labute approximate surface area is 136 Å². The third-order valence-electron chi connectivity index (χ3n) is 6.58. The van der Waals surface area contributed by atoms with Crippen LogP contribution in [0, 0.1) is 0 Å². The molecular weight excluding hydrogens is 290 g/mol. The highest BCUT2D eigenvalue weighted by atomic mass is 16.7. The summed E-state index contributed by atoms with van der Waals surface area (Å²) < 4.78 is 12.2. The first-order valence-electron chi connectivity index (χ1n) is 8.85. The van der Waals surface area contributed by atoms with Gasteiger partial charge in [0.1, 0.15) is 5.78 Å². The van der Waals surface area contributed by atoms with Crippen LogP contribution in [0.1, 0.15) is 50.5 Å². The molecule has 2 aliphatic heterocycles. The van der Waals surface area contributed by atoms with Gasteiger partial charge < -0.3 is 14.4 Å². The minimum absolute atomic E-state index is 0.108. The fraction of sp³-hybridized carbons (Fsp3) is 0.632. The minimum Gasteiger partial charge on any atom is -0.448 e. The van der Waals surface area contributed by atoms with Gasteiger partial charge in [-0.15, -0.1) is 0 Å². The third-order valence-corrected chi connectivity index (χ3v) is 6.58. The van der Waals surface area contributed by atoms with Gasteiger partial charge in [0.25, 0.3) is 5.79 Å². The molecule has 1 saturated heterocycles. The van der Waals surface area contributed by atoms with Crippen molar-refractivity contribution < 1.29 is 14.3 Å². The van der Waals surface area contributed by atoms with Gasteiger partial charge in [-0.3, -0.25) is 4.79 Å². The van der Waals surface area contributed by atoms with Gasteiger partial charge in [-0.25, -0.2) is 0 Å². The molecule has 1 aromatic carbocycles. The van der Waals surface area contributed by atoms with Crippen molar-refractivity contribution in [3.63, 3.8) is 0 Å². The summed E-state index contributed by atoms with van der Waals surface area (Å²) >= 11 is 0. The van der Waals surface area contributed by atoms with E-state index in [9.17, 15) is 4.79 Å². The van der Waals surface area contributed by atoms with Crippen molar-refractivity contribution in [1.29, 1.82) is 0 Å². The lowest BCUT2D eigenvalue weighted by molar-refractivity contribution is -0.138. The van der Waals surface area contributed by atoms with Crippen LogP contribution in [0.5, 0.6) is 11.5 Å². The van der Waals surface area contributed by atoms with Gasteiger partial charge in [-0.05, 0) is 50.6 Å². The Morgan fingerprint density at radius 3 is 2.74 bits per heavy atom. The number of fused-ring (bicyclic) bond motifs is 2. The molecule has 0 unspecified atom stereocenters. The van der Waals surface area contributed by atoms with Gasteiger partial charge in [-0.1, -0.05) is 6.07 Å². The smallest absolute Gasteiger partial charge is 0.251 e. The van der Waals surface area contributed by atoms with Crippen LogP contribution < -0.4 is 9.47 Å². The third kappa shape index (κ3) is 1.84. The lowest BCUT2D eigenvalue weighted by Crippen LogP contribution is -2.46. The molecule has 23 heavy (non-hydrogen) atoms. The molecule has 122 valence electrons. The quantitative estimate of drug-likeness (QED) is 0.799. The predicted octanol–water partition coefficient (Wildman–Crippen LogP) is 3.03. The lowest BCUT2D eigenvalue weighted by Gasteiger charge is -2.41. The molecule has 0 amide bonds. The predicted molar refractivity (Wildman–Crippen MR) is 85.9 cm³/mol. The molecule has 0 aromatic heterocycles. The Kier molecular flexibility index (Phi) is 2.71. The van der Waals surface area contributed by atoms with Crippen molar-refractivity contribution in [1.82, 2.24) is 4.90 Å². The van der Waals surface area contributed by atoms with Gasteiger partial charge >= 0.3 is 0 Å². The van der Waals surface area contributed by atoms with E-state index in [0.29, 0.717) is 24.7 Å². The van der Waals surface area contributed by atoms with E-state index in [-0.39, 0.29) is 11.2 Å². The Morgan fingerprint density at radius 2 is 1.96 bits per heavy atom. The highest BCUT2D eigenvalue weighted by molar-refractivity contribution is 5.81. The topological polar surface area (TPSA) is 38.8 Å². The normalized spacial score (nSPS) is 34.5. The first-order valence-corrected chi connectivity index (χ1v) is 8.85. The van der Waals surface area contributed by atoms with Crippen LogP contribution in [0.3, 0.4) is 0 Å². The summed E-state index contributed by atoms with van der Waals surface area (Å²) in [6.45, 7) is 1.07. The molecular formula is C19H23NO3. The zero-order chi connectivity index (χ0) is 15.7. The van der Waals surface area contributed by atoms with E-state index in [2.05, 4.69) is 30.1 Å². The fourth-order valence-corrected chi connectivity index (χ4v) is 5.00. The van der Waals surface area contributed by atoms with Crippen molar-refractivity contribution in [3.8, 4) is 11.5 Å². The molecule has 2 aliphatic carbocycles. The van der Waals surface area contributed by atoms with Crippen molar-refractivity contribution >= 4 is 5.78 Å². The molecule has 4 nitrogen and oxygen atoms in total. The Morgan fingerprint density at radius 1 is 1.13 bits per heavy atom. The number of nitrogens with zero attached hydrogens (tertiary/aromatic N) is 1. The number of likely N-dealkylation sites (N-methyl/N-ethyl adjacent to an activating group) is 1. The van der Waals surface area contributed by atoms with Crippen LogP contribution in [0.2, 0.25) is 0 Å². The molecule has 0 N–H and O–H groups in total. The van der Waals surface area contributed by atoms with Crippen LogP contribution in [-0.4, -0.2) is 36.1 Å². The number of ether oxygens (including phenoxy) is 2. The number of Topliss-reactive ketones (excluding diaryl/α,β-unsaturated/α-hetero) is 1. The zero-order valence-electron chi connectivity index (χ0n) is 13.6. The van der Waals surface area contributed by atoms with Crippen LogP contribution in [0.4, 0.5) is 0 Å². The maximum Gasteiger partial charge on any atom is 0.251 e. The second kappa shape index (κ2) is 4.50. The monoisotopic (exact) mass is 313 g/mol. The van der Waals surface area contributed by atoms with E-state index in [0.717, 1.165) is 43.7 Å². The number of hydrogen-bond acceptors (Lipinski definition) is 4. The number of hydrogen-bond donors (Lipinski definition) is 0. The Balaban J connectivity index is 1.52. The highest BCUT2D eigenvalue weighted by Crippen LogP contribution is 2.52. The first kappa shape index (κ1) is 13.8. The molecule has 2 atom stereocenters. The molecule has 1 aromatic rings. The molecule has 4 heteroatoms. The Hall–Kier alpha value is -1.55. The SMILES string of the molecule is CN1CC[C@]2(c3ccc4c(c3)OC3(CCC3)O4)CCC(=O)C[C@H]12. The van der Waals surface area contributed by atoms with Crippen LogP contribution in [0.25, 0.3) is 0 Å². The van der Waals surface area contributed by atoms with E-state index >= 15 is 0 Å². The summed E-state index contributed by atoms with van der Waals surface area (Å²) in [6, 6.07) is 6.83. The van der Waals surface area contributed by atoms with Crippen molar-refractivity contribution in [3.05, 3.63) is 23.8 Å². The summed E-state index contributed by atoms with van der Waals surface area (Å²) in [5.41, 5.74) is 1.44. The molecule has 5 rings (SSSR count). The largest absolute Gasteiger partial charge is 0.448 e. The van der Waals surface area contributed by atoms with Crippen LogP contribution in [0.15, 0.2) is 18.2 Å². The summed E-state index contributed by atoms with van der Waals surface area (Å²) in [5, 5.41) is 0. The molecule has 4 aliphatic rings. The number of ketones is 1. The number of rotatable bonds is 1. The van der Waals surface area contributed by atoms with Gasteiger partial charge in [0, 0.05) is 37.1 Å². The van der Waals surface area contributed by atoms with Crippen molar-refractivity contribution in [2.45, 2.75) is 62.2 Å². The Bertz CT molecular complexity index is 681. The molecule has 2 saturated carbocycles.